The Bertz CT molecular complexity index is 542. The molecule has 2 aliphatic rings. The summed E-state index contributed by atoms with van der Waals surface area (Å²) in [6, 6.07) is 11.0. The van der Waals surface area contributed by atoms with Gasteiger partial charge in [-0.1, -0.05) is 30.3 Å². The van der Waals surface area contributed by atoms with Gasteiger partial charge in [0.15, 0.2) is 0 Å². The normalized spacial score (nSPS) is 24.7. The first-order valence-electron chi connectivity index (χ1n) is 10.2. The predicted octanol–water partition coefficient (Wildman–Crippen LogP) is 1.83. The molecule has 2 atom stereocenters. The molecule has 2 unspecified atom stereocenters. The minimum Gasteiger partial charge on any atom is -0.356 e. The molecule has 5 heteroatoms. The molecule has 1 aliphatic carbocycles. The minimum atomic E-state index is 0.155. The van der Waals surface area contributed by atoms with E-state index in [4.69, 9.17) is 5.73 Å². The van der Waals surface area contributed by atoms with Crippen LogP contribution in [0.15, 0.2) is 30.3 Å². The molecule has 144 valence electrons. The maximum atomic E-state index is 12.1. The Morgan fingerprint density at radius 2 is 1.77 bits per heavy atom. The Hall–Kier alpha value is -1.43. The third-order valence-corrected chi connectivity index (χ3v) is 5.76. The van der Waals surface area contributed by atoms with Gasteiger partial charge in [0.1, 0.15) is 0 Å². The number of carbonyl (C=O) groups is 1. The standard InChI is InChI=1S/C21H34N4O/c22-20-9-8-19(16-20)21(26)23-10-4-5-11-24-12-14-25(15-13-24)17-18-6-2-1-3-7-18/h1-3,6-7,19-20H,4-5,8-17,22H2,(H,23,26). The molecule has 1 aromatic rings. The molecule has 1 aliphatic heterocycles. The van der Waals surface area contributed by atoms with Crippen LogP contribution in [0.2, 0.25) is 0 Å². The van der Waals surface area contributed by atoms with Gasteiger partial charge >= 0.3 is 0 Å². The van der Waals surface area contributed by atoms with E-state index in [0.29, 0.717) is 0 Å². The van der Waals surface area contributed by atoms with E-state index in [1.807, 2.05) is 0 Å². The van der Waals surface area contributed by atoms with Gasteiger partial charge in [-0.25, -0.2) is 0 Å². The van der Waals surface area contributed by atoms with E-state index < -0.39 is 0 Å². The fraction of sp³-hybridized carbons (Fsp3) is 0.667. The Kier molecular flexibility index (Phi) is 7.47. The zero-order valence-corrected chi connectivity index (χ0v) is 15.9. The van der Waals surface area contributed by atoms with Crippen molar-refractivity contribution in [3.63, 3.8) is 0 Å². The fourth-order valence-corrected chi connectivity index (χ4v) is 4.08. The lowest BCUT2D eigenvalue weighted by atomic mass is 10.1. The molecular weight excluding hydrogens is 324 g/mol. The number of unbranched alkanes of at least 4 members (excludes halogenated alkanes) is 1. The predicted molar refractivity (Wildman–Crippen MR) is 106 cm³/mol. The Labute approximate surface area is 157 Å². The second kappa shape index (κ2) is 10.0. The first kappa shape index (κ1) is 19.3. The lowest BCUT2D eigenvalue weighted by Crippen LogP contribution is -2.46. The van der Waals surface area contributed by atoms with Crippen LogP contribution in [-0.2, 0) is 11.3 Å². The first-order valence-corrected chi connectivity index (χ1v) is 10.2. The highest BCUT2D eigenvalue weighted by Gasteiger charge is 2.27. The highest BCUT2D eigenvalue weighted by molar-refractivity contribution is 5.78. The number of hydrogen-bond acceptors (Lipinski definition) is 4. The van der Waals surface area contributed by atoms with Gasteiger partial charge in [0.05, 0.1) is 0 Å². The van der Waals surface area contributed by atoms with Crippen LogP contribution in [0.3, 0.4) is 0 Å². The number of nitrogens with zero attached hydrogens (tertiary/aromatic N) is 2. The van der Waals surface area contributed by atoms with Crippen molar-refractivity contribution in [2.75, 3.05) is 39.3 Å². The maximum Gasteiger partial charge on any atom is 0.223 e. The van der Waals surface area contributed by atoms with Gasteiger partial charge in [-0.05, 0) is 44.2 Å². The van der Waals surface area contributed by atoms with Crippen molar-refractivity contribution in [2.24, 2.45) is 11.7 Å². The van der Waals surface area contributed by atoms with Crippen molar-refractivity contribution in [2.45, 2.75) is 44.7 Å². The number of nitrogens with one attached hydrogen (secondary N) is 1. The molecule has 3 rings (SSSR count). The average Bonchev–Trinajstić information content (AvgIpc) is 3.10. The van der Waals surface area contributed by atoms with Crippen LogP contribution in [0.5, 0.6) is 0 Å². The Balaban J connectivity index is 1.22. The molecule has 0 bridgehead atoms. The van der Waals surface area contributed by atoms with Gasteiger partial charge in [0.25, 0.3) is 0 Å². The fourth-order valence-electron chi connectivity index (χ4n) is 4.08. The molecule has 0 aromatic heterocycles. The molecular formula is C21H34N4O. The molecule has 26 heavy (non-hydrogen) atoms. The molecule has 0 radical (unpaired) electrons. The van der Waals surface area contributed by atoms with Crippen molar-refractivity contribution >= 4 is 5.91 Å². The van der Waals surface area contributed by atoms with Crippen LogP contribution in [0.4, 0.5) is 0 Å². The summed E-state index contributed by atoms with van der Waals surface area (Å²) in [5.41, 5.74) is 7.29. The van der Waals surface area contributed by atoms with E-state index >= 15 is 0 Å². The summed E-state index contributed by atoms with van der Waals surface area (Å²) in [7, 11) is 0. The Morgan fingerprint density at radius 3 is 2.46 bits per heavy atom. The zero-order chi connectivity index (χ0) is 18.2. The van der Waals surface area contributed by atoms with Gasteiger partial charge in [0, 0.05) is 51.2 Å². The van der Waals surface area contributed by atoms with E-state index in [2.05, 4.69) is 45.4 Å². The number of nitrogens with two attached hydrogens (primary N) is 1. The van der Waals surface area contributed by atoms with Gasteiger partial charge in [0.2, 0.25) is 5.91 Å². The first-order chi connectivity index (χ1) is 12.7. The summed E-state index contributed by atoms with van der Waals surface area (Å²) in [4.78, 5) is 17.2. The average molecular weight is 359 g/mol. The maximum absolute atomic E-state index is 12.1. The summed E-state index contributed by atoms with van der Waals surface area (Å²) in [5, 5.41) is 3.10. The lowest BCUT2D eigenvalue weighted by molar-refractivity contribution is -0.124. The molecule has 3 N–H and O–H groups in total. The van der Waals surface area contributed by atoms with E-state index in [1.54, 1.807) is 0 Å². The second-order valence-corrected chi connectivity index (χ2v) is 7.87. The van der Waals surface area contributed by atoms with Crippen LogP contribution in [0.1, 0.15) is 37.7 Å². The highest BCUT2D eigenvalue weighted by Crippen LogP contribution is 2.23. The molecule has 0 spiro atoms. The smallest absolute Gasteiger partial charge is 0.223 e. The van der Waals surface area contributed by atoms with E-state index in [1.165, 1.54) is 5.56 Å². The number of rotatable bonds is 8. The largest absolute Gasteiger partial charge is 0.356 e. The van der Waals surface area contributed by atoms with Crippen LogP contribution >= 0.6 is 0 Å². The molecule has 1 saturated heterocycles. The van der Waals surface area contributed by atoms with Gasteiger partial charge in [-0.2, -0.15) is 0 Å². The van der Waals surface area contributed by atoms with Crippen molar-refractivity contribution in [3.05, 3.63) is 35.9 Å². The molecule has 5 nitrogen and oxygen atoms in total. The second-order valence-electron chi connectivity index (χ2n) is 7.87. The highest BCUT2D eigenvalue weighted by atomic mass is 16.1. The number of amides is 1. The van der Waals surface area contributed by atoms with Crippen molar-refractivity contribution in [1.29, 1.82) is 0 Å². The minimum absolute atomic E-state index is 0.155. The number of piperazine rings is 1. The van der Waals surface area contributed by atoms with Crippen LogP contribution in [0, 0.1) is 5.92 Å². The third-order valence-electron chi connectivity index (χ3n) is 5.76. The van der Waals surface area contributed by atoms with Gasteiger partial charge < -0.3 is 16.0 Å². The summed E-state index contributed by atoms with van der Waals surface area (Å²) < 4.78 is 0. The molecule has 1 aromatic carbocycles. The molecule has 1 heterocycles. The third kappa shape index (κ3) is 6.08. The monoisotopic (exact) mass is 358 g/mol. The van der Waals surface area contributed by atoms with E-state index in [-0.39, 0.29) is 17.9 Å². The summed E-state index contributed by atoms with van der Waals surface area (Å²) in [5.74, 6) is 0.371. The molecule has 1 amide bonds. The van der Waals surface area contributed by atoms with E-state index in [0.717, 1.165) is 77.9 Å². The molecule has 1 saturated carbocycles. The topological polar surface area (TPSA) is 61.6 Å². The summed E-state index contributed by atoms with van der Waals surface area (Å²) >= 11 is 0. The number of benzene rings is 1. The lowest BCUT2D eigenvalue weighted by Gasteiger charge is -2.34. The number of carbonyl (C=O) groups excluding carboxylic acids is 1. The van der Waals surface area contributed by atoms with Crippen molar-refractivity contribution in [1.82, 2.24) is 15.1 Å². The van der Waals surface area contributed by atoms with E-state index in [9.17, 15) is 4.79 Å². The van der Waals surface area contributed by atoms with Crippen LogP contribution in [-0.4, -0.2) is 61.0 Å². The summed E-state index contributed by atoms with van der Waals surface area (Å²) in [6.07, 6.45) is 5.03. The van der Waals surface area contributed by atoms with Crippen LogP contribution in [0.25, 0.3) is 0 Å². The zero-order valence-electron chi connectivity index (χ0n) is 15.9. The van der Waals surface area contributed by atoms with Crippen molar-refractivity contribution in [3.8, 4) is 0 Å². The van der Waals surface area contributed by atoms with Gasteiger partial charge in [-0.15, -0.1) is 0 Å². The Morgan fingerprint density at radius 1 is 1.04 bits per heavy atom. The van der Waals surface area contributed by atoms with Crippen LogP contribution < -0.4 is 11.1 Å². The summed E-state index contributed by atoms with van der Waals surface area (Å²) in [6.45, 7) is 7.60. The quantitative estimate of drug-likeness (QED) is 0.696. The van der Waals surface area contributed by atoms with Gasteiger partial charge in [-0.3, -0.25) is 9.69 Å². The SMILES string of the molecule is NC1CCC(C(=O)NCCCCN2CCN(Cc3ccccc3)CC2)C1. The number of hydrogen-bond donors (Lipinski definition) is 2. The molecule has 2 fully saturated rings. The van der Waals surface area contributed by atoms with Crippen molar-refractivity contribution < 1.29 is 4.79 Å².